The lowest BCUT2D eigenvalue weighted by Crippen LogP contribution is -2.25. The van der Waals surface area contributed by atoms with E-state index in [9.17, 15) is 13.2 Å². The fraction of sp³-hybridized carbons (Fsp3) is 0.615. The number of alkyl halides is 3. The smallest absolute Gasteiger partial charge is 0.356 e. The van der Waals surface area contributed by atoms with Gasteiger partial charge in [0.25, 0.3) is 0 Å². The zero-order chi connectivity index (χ0) is 14.3. The van der Waals surface area contributed by atoms with Crippen LogP contribution in [0.5, 0.6) is 0 Å². The summed E-state index contributed by atoms with van der Waals surface area (Å²) in [5.41, 5.74) is -0.663. The summed E-state index contributed by atoms with van der Waals surface area (Å²) in [4.78, 5) is 5.93. The third kappa shape index (κ3) is 2.96. The fourth-order valence-corrected chi connectivity index (χ4v) is 2.54. The minimum atomic E-state index is -4.44. The standard InChI is InChI=1S/C13H16ClF3N2/c1-3-12(2)4-5-19(8-12)11-6-9(13(15,16)17)10(14)7-18-11/h6-7H,3-5,8H2,1-2H3/t12-/m0/s1. The van der Waals surface area contributed by atoms with Crippen LogP contribution in [0.15, 0.2) is 12.3 Å². The minimum Gasteiger partial charge on any atom is -0.356 e. The summed E-state index contributed by atoms with van der Waals surface area (Å²) in [5.74, 6) is 0.355. The third-order valence-electron chi connectivity index (χ3n) is 3.88. The summed E-state index contributed by atoms with van der Waals surface area (Å²) in [7, 11) is 0. The van der Waals surface area contributed by atoms with E-state index in [4.69, 9.17) is 11.6 Å². The molecule has 1 saturated heterocycles. The lowest BCUT2D eigenvalue weighted by molar-refractivity contribution is -0.137. The van der Waals surface area contributed by atoms with Crippen LogP contribution in [0.25, 0.3) is 0 Å². The molecule has 0 amide bonds. The predicted octanol–water partition coefficient (Wildman–Crippen LogP) is 4.38. The SMILES string of the molecule is CC[C@@]1(C)CCN(c2cc(C(F)(F)F)c(Cl)cn2)C1. The van der Waals surface area contributed by atoms with Crippen LogP contribution in [0.3, 0.4) is 0 Å². The van der Waals surface area contributed by atoms with Gasteiger partial charge in [-0.1, -0.05) is 25.4 Å². The van der Waals surface area contributed by atoms with Crippen LogP contribution >= 0.6 is 11.6 Å². The van der Waals surface area contributed by atoms with Crippen LogP contribution in [0.4, 0.5) is 19.0 Å². The first kappa shape index (κ1) is 14.4. The quantitative estimate of drug-likeness (QED) is 0.804. The van der Waals surface area contributed by atoms with Gasteiger partial charge in [-0.25, -0.2) is 4.98 Å². The molecule has 2 heterocycles. The normalized spacial score (nSPS) is 24.0. The first-order chi connectivity index (χ1) is 8.75. The first-order valence-corrected chi connectivity index (χ1v) is 6.61. The van der Waals surface area contributed by atoms with Gasteiger partial charge in [0.2, 0.25) is 0 Å². The summed E-state index contributed by atoms with van der Waals surface area (Å²) in [6.07, 6.45) is -1.39. The molecular formula is C13H16ClF3N2. The van der Waals surface area contributed by atoms with Crippen molar-refractivity contribution < 1.29 is 13.2 Å². The lowest BCUT2D eigenvalue weighted by atomic mass is 9.87. The fourth-order valence-electron chi connectivity index (χ4n) is 2.33. The van der Waals surface area contributed by atoms with Gasteiger partial charge in [0.15, 0.2) is 0 Å². The Kier molecular flexibility index (Phi) is 3.69. The molecule has 1 aromatic heterocycles. The summed E-state index contributed by atoms with van der Waals surface area (Å²) < 4.78 is 38.4. The molecule has 0 unspecified atom stereocenters. The molecule has 1 fully saturated rings. The van der Waals surface area contributed by atoms with Crippen molar-refractivity contribution in [2.45, 2.75) is 32.9 Å². The third-order valence-corrected chi connectivity index (χ3v) is 4.18. The molecule has 1 aromatic rings. The Hall–Kier alpha value is -0.970. The van der Waals surface area contributed by atoms with Crippen LogP contribution in [0.1, 0.15) is 32.3 Å². The van der Waals surface area contributed by atoms with Gasteiger partial charge in [-0.05, 0) is 24.3 Å². The van der Waals surface area contributed by atoms with Crippen molar-refractivity contribution in [1.82, 2.24) is 4.98 Å². The molecule has 106 valence electrons. The molecule has 0 aliphatic carbocycles. The number of hydrogen-bond acceptors (Lipinski definition) is 2. The molecule has 1 atom stereocenters. The molecular weight excluding hydrogens is 277 g/mol. The molecule has 6 heteroatoms. The summed E-state index contributed by atoms with van der Waals surface area (Å²) in [5, 5.41) is -0.353. The van der Waals surface area contributed by atoms with Crippen molar-refractivity contribution in [2.24, 2.45) is 5.41 Å². The van der Waals surface area contributed by atoms with E-state index in [1.165, 1.54) is 0 Å². The Labute approximate surface area is 115 Å². The van der Waals surface area contributed by atoms with Crippen molar-refractivity contribution in [3.05, 3.63) is 22.8 Å². The summed E-state index contributed by atoms with van der Waals surface area (Å²) in [6.45, 7) is 5.71. The Morgan fingerprint density at radius 3 is 2.68 bits per heavy atom. The highest BCUT2D eigenvalue weighted by molar-refractivity contribution is 6.31. The molecule has 0 radical (unpaired) electrons. The van der Waals surface area contributed by atoms with Gasteiger partial charge < -0.3 is 4.90 Å². The first-order valence-electron chi connectivity index (χ1n) is 6.23. The van der Waals surface area contributed by atoms with Crippen LogP contribution in [-0.4, -0.2) is 18.1 Å². The molecule has 2 nitrogen and oxygen atoms in total. The van der Waals surface area contributed by atoms with Gasteiger partial charge >= 0.3 is 6.18 Å². The molecule has 1 aliphatic rings. The summed E-state index contributed by atoms with van der Waals surface area (Å²) in [6, 6.07) is 1.05. The van der Waals surface area contributed by atoms with Crippen LogP contribution < -0.4 is 4.90 Å². The molecule has 0 bridgehead atoms. The maximum Gasteiger partial charge on any atom is 0.418 e. The highest BCUT2D eigenvalue weighted by Gasteiger charge is 2.36. The highest BCUT2D eigenvalue weighted by atomic mass is 35.5. The molecule has 0 spiro atoms. The topological polar surface area (TPSA) is 16.1 Å². The number of rotatable bonds is 2. The number of hydrogen-bond donors (Lipinski definition) is 0. The number of nitrogens with zero attached hydrogens (tertiary/aromatic N) is 2. The number of aromatic nitrogens is 1. The maximum atomic E-state index is 12.8. The van der Waals surface area contributed by atoms with Crippen molar-refractivity contribution in [2.75, 3.05) is 18.0 Å². The number of anilines is 1. The van der Waals surface area contributed by atoms with E-state index >= 15 is 0 Å². The number of pyridine rings is 1. The van der Waals surface area contributed by atoms with Gasteiger partial charge in [0.05, 0.1) is 10.6 Å². The molecule has 0 aromatic carbocycles. The molecule has 0 N–H and O–H groups in total. The van der Waals surface area contributed by atoms with E-state index < -0.39 is 11.7 Å². The molecule has 2 rings (SSSR count). The van der Waals surface area contributed by atoms with Gasteiger partial charge in [-0.3, -0.25) is 0 Å². The maximum absolute atomic E-state index is 12.8. The van der Waals surface area contributed by atoms with Crippen LogP contribution in [-0.2, 0) is 6.18 Å². The monoisotopic (exact) mass is 292 g/mol. The van der Waals surface area contributed by atoms with E-state index in [1.54, 1.807) is 0 Å². The number of halogens is 4. The predicted molar refractivity (Wildman–Crippen MR) is 69.5 cm³/mol. The van der Waals surface area contributed by atoms with Gasteiger partial charge in [-0.2, -0.15) is 13.2 Å². The lowest BCUT2D eigenvalue weighted by Gasteiger charge is -2.24. The van der Waals surface area contributed by atoms with Gasteiger partial charge in [-0.15, -0.1) is 0 Å². The Morgan fingerprint density at radius 1 is 1.47 bits per heavy atom. The average Bonchev–Trinajstić information content (AvgIpc) is 2.72. The second-order valence-electron chi connectivity index (χ2n) is 5.36. The van der Waals surface area contributed by atoms with Gasteiger partial charge in [0.1, 0.15) is 5.82 Å². The van der Waals surface area contributed by atoms with E-state index in [2.05, 4.69) is 18.8 Å². The average molecular weight is 293 g/mol. The highest BCUT2D eigenvalue weighted by Crippen LogP contribution is 2.39. The molecule has 1 aliphatic heterocycles. The van der Waals surface area contributed by atoms with Crippen molar-refractivity contribution in [3.63, 3.8) is 0 Å². The Balaban J connectivity index is 2.28. The van der Waals surface area contributed by atoms with Crippen molar-refractivity contribution >= 4 is 17.4 Å². The largest absolute Gasteiger partial charge is 0.418 e. The van der Waals surface area contributed by atoms with E-state index in [1.807, 2.05) is 4.90 Å². The van der Waals surface area contributed by atoms with E-state index in [0.29, 0.717) is 5.82 Å². The second-order valence-corrected chi connectivity index (χ2v) is 5.76. The second kappa shape index (κ2) is 4.85. The Bertz CT molecular complexity index is 475. The van der Waals surface area contributed by atoms with Gasteiger partial charge in [0, 0.05) is 19.3 Å². The zero-order valence-electron chi connectivity index (χ0n) is 10.9. The van der Waals surface area contributed by atoms with Crippen molar-refractivity contribution in [3.8, 4) is 0 Å². The van der Waals surface area contributed by atoms with Crippen LogP contribution in [0, 0.1) is 5.41 Å². The Morgan fingerprint density at radius 2 is 2.16 bits per heavy atom. The molecule has 0 saturated carbocycles. The summed E-state index contributed by atoms with van der Waals surface area (Å²) >= 11 is 5.57. The van der Waals surface area contributed by atoms with Crippen molar-refractivity contribution in [1.29, 1.82) is 0 Å². The van der Waals surface area contributed by atoms with E-state index in [0.717, 1.165) is 38.2 Å². The zero-order valence-corrected chi connectivity index (χ0v) is 11.6. The van der Waals surface area contributed by atoms with Crippen LogP contribution in [0.2, 0.25) is 5.02 Å². The molecule has 19 heavy (non-hydrogen) atoms. The van der Waals surface area contributed by atoms with E-state index in [-0.39, 0.29) is 10.4 Å². The minimum absolute atomic E-state index is 0.152.